The molecule has 1 fully saturated rings. The molecule has 1 atom stereocenters. The number of anilines is 1. The standard InChI is InChI=1S/C14H24N4O/c1-12-4-3-6-18(11-12)14-16-9-13(10-17-14)8-15-5-7-19-2/h9-10,12,15H,3-8,11H2,1-2H3. The predicted molar refractivity (Wildman–Crippen MR) is 76.2 cm³/mol. The zero-order valence-corrected chi connectivity index (χ0v) is 11.9. The van der Waals surface area contributed by atoms with Crippen molar-refractivity contribution < 1.29 is 4.74 Å². The SMILES string of the molecule is COCCNCc1cnc(N2CCCC(C)C2)nc1. The van der Waals surface area contributed by atoms with Crippen LogP contribution < -0.4 is 10.2 Å². The minimum absolute atomic E-state index is 0.727. The Morgan fingerprint density at radius 1 is 1.42 bits per heavy atom. The van der Waals surface area contributed by atoms with Crippen LogP contribution in [0, 0.1) is 5.92 Å². The first-order chi connectivity index (χ1) is 9.29. The zero-order chi connectivity index (χ0) is 13.5. The third-order valence-electron chi connectivity index (χ3n) is 3.44. The average molecular weight is 264 g/mol. The molecule has 1 N–H and O–H groups in total. The lowest BCUT2D eigenvalue weighted by Gasteiger charge is -2.30. The molecule has 0 amide bonds. The number of ether oxygens (including phenoxy) is 1. The predicted octanol–water partition coefficient (Wildman–Crippen LogP) is 1.45. The summed E-state index contributed by atoms with van der Waals surface area (Å²) in [5, 5.41) is 3.29. The number of methoxy groups -OCH3 is 1. The molecular formula is C14H24N4O. The first-order valence-corrected chi connectivity index (χ1v) is 7.05. The largest absolute Gasteiger partial charge is 0.383 e. The topological polar surface area (TPSA) is 50.3 Å². The molecule has 1 aromatic rings. The third kappa shape index (κ3) is 4.44. The summed E-state index contributed by atoms with van der Waals surface area (Å²) < 4.78 is 4.99. The van der Waals surface area contributed by atoms with Crippen LogP contribution in [0.3, 0.4) is 0 Å². The van der Waals surface area contributed by atoms with Crippen molar-refractivity contribution in [3.05, 3.63) is 18.0 Å². The monoisotopic (exact) mass is 264 g/mol. The highest BCUT2D eigenvalue weighted by atomic mass is 16.5. The molecule has 0 bridgehead atoms. The second-order valence-corrected chi connectivity index (χ2v) is 5.25. The number of hydrogen-bond donors (Lipinski definition) is 1. The van der Waals surface area contributed by atoms with Gasteiger partial charge in [-0.3, -0.25) is 0 Å². The van der Waals surface area contributed by atoms with Gasteiger partial charge in [0.05, 0.1) is 6.61 Å². The van der Waals surface area contributed by atoms with Crippen LogP contribution in [0.15, 0.2) is 12.4 Å². The smallest absolute Gasteiger partial charge is 0.225 e. The molecule has 106 valence electrons. The lowest BCUT2D eigenvalue weighted by atomic mass is 10.0. The maximum atomic E-state index is 4.99. The molecule has 0 radical (unpaired) electrons. The van der Waals surface area contributed by atoms with E-state index in [1.807, 2.05) is 12.4 Å². The van der Waals surface area contributed by atoms with Gasteiger partial charge in [0.25, 0.3) is 0 Å². The van der Waals surface area contributed by atoms with Gasteiger partial charge in [-0.15, -0.1) is 0 Å². The summed E-state index contributed by atoms with van der Waals surface area (Å²) in [4.78, 5) is 11.2. The molecule has 1 aliphatic rings. The van der Waals surface area contributed by atoms with Crippen LogP contribution in [0.4, 0.5) is 5.95 Å². The number of piperidine rings is 1. The third-order valence-corrected chi connectivity index (χ3v) is 3.44. The van der Waals surface area contributed by atoms with E-state index in [9.17, 15) is 0 Å². The normalized spacial score (nSPS) is 19.7. The average Bonchev–Trinajstić information content (AvgIpc) is 2.44. The van der Waals surface area contributed by atoms with E-state index in [4.69, 9.17) is 4.74 Å². The Bertz CT molecular complexity index is 368. The lowest BCUT2D eigenvalue weighted by molar-refractivity contribution is 0.199. The number of nitrogens with zero attached hydrogens (tertiary/aromatic N) is 3. The number of aromatic nitrogens is 2. The van der Waals surface area contributed by atoms with E-state index in [2.05, 4.69) is 27.1 Å². The van der Waals surface area contributed by atoms with Crippen molar-refractivity contribution in [1.82, 2.24) is 15.3 Å². The van der Waals surface area contributed by atoms with Crippen molar-refractivity contribution in [2.24, 2.45) is 5.92 Å². The van der Waals surface area contributed by atoms with Gasteiger partial charge in [0, 0.05) is 51.2 Å². The molecule has 0 aliphatic carbocycles. The minimum Gasteiger partial charge on any atom is -0.383 e. The van der Waals surface area contributed by atoms with E-state index in [1.54, 1.807) is 7.11 Å². The van der Waals surface area contributed by atoms with Crippen LogP contribution in [0.1, 0.15) is 25.3 Å². The van der Waals surface area contributed by atoms with Gasteiger partial charge in [0.1, 0.15) is 0 Å². The van der Waals surface area contributed by atoms with Crippen LogP contribution in [-0.2, 0) is 11.3 Å². The molecule has 0 spiro atoms. The fourth-order valence-electron chi connectivity index (χ4n) is 2.38. The maximum Gasteiger partial charge on any atom is 0.225 e. The fourth-order valence-corrected chi connectivity index (χ4v) is 2.38. The van der Waals surface area contributed by atoms with E-state index in [-0.39, 0.29) is 0 Å². The van der Waals surface area contributed by atoms with Crippen LogP contribution in [0.2, 0.25) is 0 Å². The molecule has 5 heteroatoms. The van der Waals surface area contributed by atoms with Gasteiger partial charge < -0.3 is 15.0 Å². The van der Waals surface area contributed by atoms with Crippen molar-refractivity contribution in [1.29, 1.82) is 0 Å². The Morgan fingerprint density at radius 2 is 2.21 bits per heavy atom. The molecule has 0 saturated carbocycles. The highest BCUT2D eigenvalue weighted by Gasteiger charge is 2.18. The van der Waals surface area contributed by atoms with Gasteiger partial charge in [-0.25, -0.2) is 9.97 Å². The molecular weight excluding hydrogens is 240 g/mol. The Morgan fingerprint density at radius 3 is 2.89 bits per heavy atom. The maximum absolute atomic E-state index is 4.99. The van der Waals surface area contributed by atoms with Crippen LogP contribution in [0.25, 0.3) is 0 Å². The van der Waals surface area contributed by atoms with Crippen molar-refractivity contribution in [2.75, 3.05) is 38.3 Å². The molecule has 1 saturated heterocycles. The Hall–Kier alpha value is -1.20. The number of nitrogens with one attached hydrogen (secondary N) is 1. The molecule has 0 aromatic carbocycles. The van der Waals surface area contributed by atoms with Crippen LogP contribution >= 0.6 is 0 Å². The summed E-state index contributed by atoms with van der Waals surface area (Å²) in [5.74, 6) is 1.61. The van der Waals surface area contributed by atoms with Crippen molar-refractivity contribution in [2.45, 2.75) is 26.3 Å². The van der Waals surface area contributed by atoms with E-state index in [0.29, 0.717) is 0 Å². The fraction of sp³-hybridized carbons (Fsp3) is 0.714. The molecule has 2 rings (SSSR count). The molecule has 1 aliphatic heterocycles. The van der Waals surface area contributed by atoms with Crippen LogP contribution in [-0.4, -0.2) is 43.3 Å². The van der Waals surface area contributed by atoms with Gasteiger partial charge in [0.15, 0.2) is 0 Å². The van der Waals surface area contributed by atoms with Gasteiger partial charge >= 0.3 is 0 Å². The first-order valence-electron chi connectivity index (χ1n) is 7.05. The second kappa shape index (κ2) is 7.40. The highest BCUT2D eigenvalue weighted by Crippen LogP contribution is 2.19. The van der Waals surface area contributed by atoms with E-state index < -0.39 is 0 Å². The zero-order valence-electron chi connectivity index (χ0n) is 11.9. The summed E-state index contributed by atoms with van der Waals surface area (Å²) in [6, 6.07) is 0. The summed E-state index contributed by atoms with van der Waals surface area (Å²) >= 11 is 0. The quantitative estimate of drug-likeness (QED) is 0.788. The second-order valence-electron chi connectivity index (χ2n) is 5.25. The Kier molecular flexibility index (Phi) is 5.54. The van der Waals surface area contributed by atoms with Crippen molar-refractivity contribution >= 4 is 5.95 Å². The minimum atomic E-state index is 0.727. The number of hydrogen-bond acceptors (Lipinski definition) is 5. The molecule has 2 heterocycles. The lowest BCUT2D eigenvalue weighted by Crippen LogP contribution is -2.35. The van der Waals surface area contributed by atoms with E-state index >= 15 is 0 Å². The molecule has 19 heavy (non-hydrogen) atoms. The number of rotatable bonds is 6. The summed E-state index contributed by atoms with van der Waals surface area (Å²) in [6.45, 7) is 6.81. The van der Waals surface area contributed by atoms with Crippen molar-refractivity contribution in [3.63, 3.8) is 0 Å². The molecule has 1 aromatic heterocycles. The Balaban J connectivity index is 1.83. The summed E-state index contributed by atoms with van der Waals surface area (Å²) in [7, 11) is 1.71. The summed E-state index contributed by atoms with van der Waals surface area (Å²) in [6.07, 6.45) is 6.39. The first kappa shape index (κ1) is 14.2. The summed E-state index contributed by atoms with van der Waals surface area (Å²) in [5.41, 5.74) is 1.12. The van der Waals surface area contributed by atoms with E-state index in [0.717, 1.165) is 50.2 Å². The van der Waals surface area contributed by atoms with Crippen molar-refractivity contribution in [3.8, 4) is 0 Å². The Labute approximate surface area is 115 Å². The van der Waals surface area contributed by atoms with Gasteiger partial charge in [-0.05, 0) is 18.8 Å². The highest BCUT2D eigenvalue weighted by molar-refractivity contribution is 5.30. The van der Waals surface area contributed by atoms with Gasteiger partial charge in [-0.1, -0.05) is 6.92 Å². The molecule has 1 unspecified atom stereocenters. The van der Waals surface area contributed by atoms with Gasteiger partial charge in [-0.2, -0.15) is 0 Å². The van der Waals surface area contributed by atoms with Gasteiger partial charge in [0.2, 0.25) is 5.95 Å². The van der Waals surface area contributed by atoms with E-state index in [1.165, 1.54) is 12.8 Å². The van der Waals surface area contributed by atoms with Crippen LogP contribution in [0.5, 0.6) is 0 Å². The molecule has 5 nitrogen and oxygen atoms in total.